The van der Waals surface area contributed by atoms with Crippen LogP contribution in [0.15, 0.2) is 17.5 Å². The summed E-state index contributed by atoms with van der Waals surface area (Å²) in [4.78, 5) is 0. The van der Waals surface area contributed by atoms with Crippen molar-refractivity contribution in [2.75, 3.05) is 0 Å². The van der Waals surface area contributed by atoms with Crippen molar-refractivity contribution >= 4 is 35.2 Å². The molecule has 1 heterocycles. The zero-order valence-corrected chi connectivity index (χ0v) is 12.2. The molecule has 0 aromatic rings. The fraction of sp³-hybridized carbons (Fsp3) is 0.800. The maximum absolute atomic E-state index is 4.32. The van der Waals surface area contributed by atoms with E-state index >= 15 is 0 Å². The van der Waals surface area contributed by atoms with Gasteiger partial charge in [-0.2, -0.15) is 17.5 Å². The highest BCUT2D eigenvalue weighted by molar-refractivity contribution is 7.97. The Morgan fingerprint density at radius 3 is 1.44 bits per heavy atom. The van der Waals surface area contributed by atoms with Crippen molar-refractivity contribution < 1.29 is 0 Å². The zero-order valence-electron chi connectivity index (χ0n) is 10.6. The lowest BCUT2D eigenvalue weighted by molar-refractivity contribution is 0.586. The third kappa shape index (κ3) is 3.83. The van der Waals surface area contributed by atoms with Gasteiger partial charge in [0.15, 0.2) is 11.7 Å². The second-order valence-electron chi connectivity index (χ2n) is 5.68. The Balaban J connectivity index is 2.99. The van der Waals surface area contributed by atoms with Gasteiger partial charge in [0.2, 0.25) is 0 Å². The van der Waals surface area contributed by atoms with Crippen LogP contribution in [0, 0.1) is 10.8 Å². The van der Waals surface area contributed by atoms with Gasteiger partial charge in [-0.15, -0.1) is 0 Å². The van der Waals surface area contributed by atoms with Crippen LogP contribution in [0.25, 0.3) is 0 Å². The maximum Gasteiger partial charge on any atom is 0.158 e. The summed E-state index contributed by atoms with van der Waals surface area (Å²) >= 11 is 2.35. The molecule has 1 aliphatic heterocycles. The van der Waals surface area contributed by atoms with Gasteiger partial charge >= 0.3 is 0 Å². The molecule has 0 aromatic carbocycles. The van der Waals surface area contributed by atoms with Gasteiger partial charge in [-0.25, -0.2) is 0 Å². The first-order valence-electron chi connectivity index (χ1n) is 5.12. The molecule has 6 heteroatoms. The molecular formula is C10H18N4S2. The first-order chi connectivity index (χ1) is 7.21. The van der Waals surface area contributed by atoms with E-state index in [1.54, 1.807) is 0 Å². The minimum atomic E-state index is -0.0652. The van der Waals surface area contributed by atoms with Gasteiger partial charge in [0.05, 0.1) is 11.4 Å². The molecule has 1 rings (SSSR count). The molecule has 0 saturated carbocycles. The van der Waals surface area contributed by atoms with Crippen molar-refractivity contribution in [1.29, 1.82) is 0 Å². The third-order valence-electron chi connectivity index (χ3n) is 1.85. The molecule has 0 radical (unpaired) electrons. The van der Waals surface area contributed by atoms with Crippen molar-refractivity contribution in [2.24, 2.45) is 28.4 Å². The van der Waals surface area contributed by atoms with E-state index in [0.717, 1.165) is 11.7 Å². The number of amidine groups is 2. The van der Waals surface area contributed by atoms with Crippen LogP contribution in [0.3, 0.4) is 0 Å². The van der Waals surface area contributed by atoms with E-state index in [9.17, 15) is 0 Å². The summed E-state index contributed by atoms with van der Waals surface area (Å²) in [6.45, 7) is 12.5. The second-order valence-corrected chi connectivity index (χ2v) is 6.73. The maximum atomic E-state index is 4.32. The molecule has 0 fully saturated rings. The second kappa shape index (κ2) is 4.79. The fourth-order valence-corrected chi connectivity index (χ4v) is 2.53. The summed E-state index contributed by atoms with van der Waals surface area (Å²) in [5, 5.41) is 0. The van der Waals surface area contributed by atoms with E-state index < -0.39 is 0 Å². The van der Waals surface area contributed by atoms with Crippen LogP contribution in [-0.4, -0.2) is 11.7 Å². The number of rotatable bonds is 0. The summed E-state index contributed by atoms with van der Waals surface area (Å²) in [6.07, 6.45) is 0. The molecule has 0 aromatic heterocycles. The molecule has 0 amide bonds. The van der Waals surface area contributed by atoms with E-state index in [4.69, 9.17) is 0 Å². The molecule has 0 bridgehead atoms. The quantitative estimate of drug-likeness (QED) is 0.608. The van der Waals surface area contributed by atoms with Gasteiger partial charge in [0.1, 0.15) is 12.1 Å². The monoisotopic (exact) mass is 258 g/mol. The minimum absolute atomic E-state index is 0.0652. The lowest BCUT2D eigenvalue weighted by atomic mass is 9.96. The normalized spacial score (nSPS) is 18.1. The molecule has 0 spiro atoms. The molecule has 90 valence electrons. The summed E-state index contributed by atoms with van der Waals surface area (Å²) in [5.74, 6) is 1.56. The topological polar surface area (TPSA) is 49.4 Å². The first kappa shape index (κ1) is 13.6. The highest BCUT2D eigenvalue weighted by Gasteiger charge is 2.22. The van der Waals surface area contributed by atoms with E-state index in [-0.39, 0.29) is 10.8 Å². The van der Waals surface area contributed by atoms with Crippen LogP contribution in [0.2, 0.25) is 0 Å². The molecular weight excluding hydrogens is 240 g/mol. The third-order valence-corrected chi connectivity index (χ3v) is 2.87. The van der Waals surface area contributed by atoms with Crippen molar-refractivity contribution in [1.82, 2.24) is 0 Å². The van der Waals surface area contributed by atoms with Crippen LogP contribution in [0.4, 0.5) is 0 Å². The molecule has 1 aliphatic rings. The lowest BCUT2D eigenvalue weighted by Gasteiger charge is -2.18. The van der Waals surface area contributed by atoms with Crippen LogP contribution in [0.1, 0.15) is 41.5 Å². The lowest BCUT2D eigenvalue weighted by Crippen LogP contribution is -2.19. The molecule has 16 heavy (non-hydrogen) atoms. The van der Waals surface area contributed by atoms with Gasteiger partial charge in [-0.3, -0.25) is 0 Å². The SMILES string of the molecule is CC(C)(C)C1=NSN=C(C(C)(C)C)N=S=N1. The van der Waals surface area contributed by atoms with E-state index in [0.29, 0.717) is 0 Å². The zero-order chi connectivity index (χ0) is 12.4. The van der Waals surface area contributed by atoms with Crippen molar-refractivity contribution in [2.45, 2.75) is 41.5 Å². The van der Waals surface area contributed by atoms with Crippen LogP contribution in [0.5, 0.6) is 0 Å². The van der Waals surface area contributed by atoms with Crippen molar-refractivity contribution in [3.05, 3.63) is 0 Å². The number of hydrogen-bond donors (Lipinski definition) is 0. The molecule has 0 aliphatic carbocycles. The molecule has 0 unspecified atom stereocenters. The summed E-state index contributed by atoms with van der Waals surface area (Å²) in [7, 11) is 0. The van der Waals surface area contributed by atoms with Crippen LogP contribution in [-0.2, 0) is 11.4 Å². The fourth-order valence-electron chi connectivity index (χ4n) is 0.777. The average Bonchev–Trinajstić information content (AvgIpc) is 1.96. The largest absolute Gasteiger partial charge is 0.176 e. The summed E-state index contributed by atoms with van der Waals surface area (Å²) in [5.41, 5.74) is -0.130. The predicted molar refractivity (Wildman–Crippen MR) is 73.6 cm³/mol. The molecule has 0 atom stereocenters. The number of hydrogen-bond acceptors (Lipinski definition) is 5. The number of nitrogens with zero attached hydrogens (tertiary/aromatic N) is 4. The minimum Gasteiger partial charge on any atom is -0.176 e. The van der Waals surface area contributed by atoms with E-state index in [1.807, 2.05) is 0 Å². The summed E-state index contributed by atoms with van der Waals surface area (Å²) < 4.78 is 17.3. The van der Waals surface area contributed by atoms with Gasteiger partial charge in [-0.1, -0.05) is 41.5 Å². The van der Waals surface area contributed by atoms with Gasteiger partial charge in [-0.05, 0) is 0 Å². The Morgan fingerprint density at radius 1 is 0.750 bits per heavy atom. The highest BCUT2D eigenvalue weighted by Crippen LogP contribution is 2.24. The Kier molecular flexibility index (Phi) is 4.07. The van der Waals surface area contributed by atoms with E-state index in [1.165, 1.54) is 23.5 Å². The Bertz CT molecular complexity index is 356. The van der Waals surface area contributed by atoms with Gasteiger partial charge in [0, 0.05) is 10.8 Å². The highest BCUT2D eigenvalue weighted by atomic mass is 32.2. The Labute approximate surface area is 105 Å². The van der Waals surface area contributed by atoms with Crippen LogP contribution < -0.4 is 0 Å². The van der Waals surface area contributed by atoms with Crippen molar-refractivity contribution in [3.63, 3.8) is 0 Å². The smallest absolute Gasteiger partial charge is 0.158 e. The Morgan fingerprint density at radius 2 is 1.12 bits per heavy atom. The molecule has 0 saturated heterocycles. The predicted octanol–water partition coefficient (Wildman–Crippen LogP) is 3.90. The van der Waals surface area contributed by atoms with Gasteiger partial charge in [0.25, 0.3) is 0 Å². The first-order valence-corrected chi connectivity index (χ1v) is 6.59. The average molecular weight is 258 g/mol. The molecule has 0 N–H and O–H groups in total. The Hall–Kier alpha value is -0.490. The van der Waals surface area contributed by atoms with Crippen LogP contribution >= 0.6 is 12.1 Å². The standard InChI is InChI=1S/C10H18N4S2/c1-9(2,3)7-11-15-13-8(10(4,5)6)14-16-12-7/h1-6H3. The van der Waals surface area contributed by atoms with E-state index in [2.05, 4.69) is 59.1 Å². The van der Waals surface area contributed by atoms with Gasteiger partial charge < -0.3 is 0 Å². The summed E-state index contributed by atoms with van der Waals surface area (Å²) in [6, 6.07) is 0. The molecule has 4 nitrogen and oxygen atoms in total. The van der Waals surface area contributed by atoms with Crippen molar-refractivity contribution in [3.8, 4) is 0 Å².